The van der Waals surface area contributed by atoms with E-state index in [4.69, 9.17) is 5.10 Å². The number of aryl methyl sites for hydroxylation is 2. The molecular weight excluding hydrogens is 396 g/mol. The number of nitrogens with zero attached hydrogens (tertiary/aromatic N) is 4. The molecule has 0 aliphatic carbocycles. The summed E-state index contributed by atoms with van der Waals surface area (Å²) in [5.74, 6) is 0.109. The molecule has 2 aliphatic heterocycles. The smallest absolute Gasteiger partial charge is 0.257 e. The van der Waals surface area contributed by atoms with Gasteiger partial charge in [0.05, 0.1) is 12.1 Å². The summed E-state index contributed by atoms with van der Waals surface area (Å²) in [4.78, 5) is 18.2. The van der Waals surface area contributed by atoms with Gasteiger partial charge in [0.15, 0.2) is 0 Å². The van der Waals surface area contributed by atoms with Gasteiger partial charge in [0.2, 0.25) is 0 Å². The van der Waals surface area contributed by atoms with Crippen LogP contribution in [0.5, 0.6) is 0 Å². The maximum absolute atomic E-state index is 13.6. The Bertz CT molecular complexity index is 1080. The molecule has 0 saturated carbocycles. The average molecular weight is 429 g/mol. The summed E-state index contributed by atoms with van der Waals surface area (Å²) in [7, 11) is 0. The summed E-state index contributed by atoms with van der Waals surface area (Å²) in [6.07, 6.45) is 5.59. The Labute approximate surface area is 190 Å². The highest BCUT2D eigenvalue weighted by molar-refractivity contribution is 6.00. The first-order valence-corrected chi connectivity index (χ1v) is 11.8. The van der Waals surface area contributed by atoms with E-state index in [1.807, 2.05) is 15.8 Å². The number of amides is 1. The van der Waals surface area contributed by atoms with Crippen molar-refractivity contribution < 1.29 is 4.79 Å². The van der Waals surface area contributed by atoms with Crippen LogP contribution in [0.4, 0.5) is 0 Å². The largest absolute Gasteiger partial charge is 0.337 e. The number of hydrogen-bond acceptors (Lipinski definition) is 3. The molecule has 32 heavy (non-hydrogen) atoms. The first kappa shape index (κ1) is 21.0. The minimum Gasteiger partial charge on any atom is -0.337 e. The fourth-order valence-electron chi connectivity index (χ4n) is 4.97. The molecule has 0 radical (unpaired) electrons. The van der Waals surface area contributed by atoms with Crippen LogP contribution in [0.25, 0.3) is 11.3 Å². The number of hydrogen-bond donors (Lipinski definition) is 0. The SMILES string of the molecule is Cc1ccc(Cn2cc(C(=O)N3CCC(N4CCCC4)C3)c(-c3ccc(C)cc3)n2)cc1. The van der Waals surface area contributed by atoms with Gasteiger partial charge in [-0.15, -0.1) is 0 Å². The van der Waals surface area contributed by atoms with Gasteiger partial charge in [-0.25, -0.2) is 0 Å². The summed E-state index contributed by atoms with van der Waals surface area (Å²) < 4.78 is 1.92. The number of benzene rings is 2. The Hall–Kier alpha value is -2.92. The second-order valence-electron chi connectivity index (χ2n) is 9.38. The zero-order chi connectivity index (χ0) is 22.1. The maximum Gasteiger partial charge on any atom is 0.257 e. The molecule has 0 spiro atoms. The van der Waals surface area contributed by atoms with Gasteiger partial charge in [-0.1, -0.05) is 59.7 Å². The van der Waals surface area contributed by atoms with Crippen LogP contribution in [-0.4, -0.2) is 57.7 Å². The molecule has 5 rings (SSSR count). The molecule has 1 amide bonds. The monoisotopic (exact) mass is 428 g/mol. The Morgan fingerprint density at radius 1 is 0.938 bits per heavy atom. The van der Waals surface area contributed by atoms with Crippen LogP contribution in [0, 0.1) is 13.8 Å². The molecule has 0 N–H and O–H groups in total. The van der Waals surface area contributed by atoms with Crippen molar-refractivity contribution in [1.82, 2.24) is 19.6 Å². The topological polar surface area (TPSA) is 41.4 Å². The normalized spacial score (nSPS) is 19.1. The van der Waals surface area contributed by atoms with E-state index >= 15 is 0 Å². The van der Waals surface area contributed by atoms with E-state index in [9.17, 15) is 4.79 Å². The van der Waals surface area contributed by atoms with Crippen molar-refractivity contribution in [2.75, 3.05) is 26.2 Å². The summed E-state index contributed by atoms with van der Waals surface area (Å²) in [6, 6.07) is 17.3. The number of aromatic nitrogens is 2. The van der Waals surface area contributed by atoms with E-state index < -0.39 is 0 Å². The Balaban J connectivity index is 1.42. The van der Waals surface area contributed by atoms with E-state index in [1.54, 1.807) is 0 Å². The van der Waals surface area contributed by atoms with Crippen molar-refractivity contribution in [3.05, 3.63) is 77.0 Å². The lowest BCUT2D eigenvalue weighted by atomic mass is 10.1. The zero-order valence-corrected chi connectivity index (χ0v) is 19.1. The fraction of sp³-hybridized carbons (Fsp3) is 0.407. The molecule has 5 nitrogen and oxygen atoms in total. The van der Waals surface area contributed by atoms with E-state index in [-0.39, 0.29) is 5.91 Å². The van der Waals surface area contributed by atoms with Gasteiger partial charge in [-0.05, 0) is 51.8 Å². The summed E-state index contributed by atoms with van der Waals surface area (Å²) in [6.45, 7) is 8.84. The summed E-state index contributed by atoms with van der Waals surface area (Å²) in [5.41, 5.74) is 6.12. The van der Waals surface area contributed by atoms with Crippen LogP contribution in [0.15, 0.2) is 54.7 Å². The zero-order valence-electron chi connectivity index (χ0n) is 19.1. The Kier molecular flexibility index (Phi) is 5.83. The van der Waals surface area contributed by atoms with Crippen LogP contribution < -0.4 is 0 Å². The highest BCUT2D eigenvalue weighted by atomic mass is 16.2. The minimum absolute atomic E-state index is 0.109. The maximum atomic E-state index is 13.6. The second-order valence-corrected chi connectivity index (χ2v) is 9.38. The molecule has 166 valence electrons. The first-order chi connectivity index (χ1) is 15.6. The molecule has 2 aromatic carbocycles. The lowest BCUT2D eigenvalue weighted by Gasteiger charge is -2.23. The van der Waals surface area contributed by atoms with Gasteiger partial charge < -0.3 is 4.90 Å². The molecule has 2 aliphatic rings. The van der Waals surface area contributed by atoms with Crippen LogP contribution >= 0.6 is 0 Å². The standard InChI is InChI=1S/C27H32N4O/c1-20-5-9-22(10-6-20)17-31-19-25(26(28-31)23-11-7-21(2)8-12-23)27(32)30-16-13-24(18-30)29-14-3-4-15-29/h5-12,19,24H,3-4,13-18H2,1-2H3. The number of likely N-dealkylation sites (tertiary alicyclic amines) is 2. The van der Waals surface area contributed by atoms with E-state index in [2.05, 4.69) is 67.3 Å². The van der Waals surface area contributed by atoms with Crippen LogP contribution in [0.2, 0.25) is 0 Å². The predicted molar refractivity (Wildman–Crippen MR) is 128 cm³/mol. The Morgan fingerprint density at radius 3 is 2.28 bits per heavy atom. The van der Waals surface area contributed by atoms with Crippen molar-refractivity contribution in [2.45, 2.75) is 45.7 Å². The van der Waals surface area contributed by atoms with Gasteiger partial charge in [0, 0.05) is 30.9 Å². The van der Waals surface area contributed by atoms with Crippen molar-refractivity contribution >= 4 is 5.91 Å². The van der Waals surface area contributed by atoms with Crippen molar-refractivity contribution in [2.24, 2.45) is 0 Å². The lowest BCUT2D eigenvalue weighted by Crippen LogP contribution is -2.37. The highest BCUT2D eigenvalue weighted by Crippen LogP contribution is 2.27. The molecule has 5 heteroatoms. The molecule has 1 unspecified atom stereocenters. The van der Waals surface area contributed by atoms with Crippen LogP contribution in [0.1, 0.15) is 46.3 Å². The van der Waals surface area contributed by atoms with Gasteiger partial charge in [-0.2, -0.15) is 5.10 Å². The molecule has 3 aromatic rings. The molecule has 0 bridgehead atoms. The summed E-state index contributed by atoms with van der Waals surface area (Å²) >= 11 is 0. The van der Waals surface area contributed by atoms with Crippen molar-refractivity contribution in [3.8, 4) is 11.3 Å². The van der Waals surface area contributed by atoms with Crippen molar-refractivity contribution in [3.63, 3.8) is 0 Å². The fourth-order valence-corrected chi connectivity index (χ4v) is 4.97. The third-order valence-electron chi connectivity index (χ3n) is 6.89. The van der Waals surface area contributed by atoms with Gasteiger partial charge in [0.1, 0.15) is 5.69 Å². The average Bonchev–Trinajstić information content (AvgIpc) is 3.56. The molecule has 3 heterocycles. The van der Waals surface area contributed by atoms with Crippen LogP contribution in [0.3, 0.4) is 0 Å². The molecular formula is C27H32N4O. The van der Waals surface area contributed by atoms with Gasteiger partial charge in [0.25, 0.3) is 5.91 Å². The Morgan fingerprint density at radius 2 is 1.59 bits per heavy atom. The van der Waals surface area contributed by atoms with E-state index in [1.165, 1.54) is 42.6 Å². The molecule has 2 fully saturated rings. The molecule has 1 aromatic heterocycles. The predicted octanol–water partition coefficient (Wildman–Crippen LogP) is 4.53. The highest BCUT2D eigenvalue weighted by Gasteiger charge is 2.33. The lowest BCUT2D eigenvalue weighted by molar-refractivity contribution is 0.0780. The molecule has 1 atom stereocenters. The number of rotatable bonds is 5. The first-order valence-electron chi connectivity index (χ1n) is 11.8. The summed E-state index contributed by atoms with van der Waals surface area (Å²) in [5, 5.41) is 4.88. The van der Waals surface area contributed by atoms with E-state index in [0.717, 1.165) is 30.8 Å². The van der Waals surface area contributed by atoms with E-state index in [0.29, 0.717) is 18.2 Å². The third kappa shape index (κ3) is 4.35. The number of carbonyl (C=O) groups excluding carboxylic acids is 1. The van der Waals surface area contributed by atoms with Gasteiger partial charge in [-0.3, -0.25) is 14.4 Å². The van der Waals surface area contributed by atoms with Gasteiger partial charge >= 0.3 is 0 Å². The third-order valence-corrected chi connectivity index (χ3v) is 6.89. The van der Waals surface area contributed by atoms with Crippen molar-refractivity contribution in [1.29, 1.82) is 0 Å². The number of carbonyl (C=O) groups is 1. The minimum atomic E-state index is 0.109. The quantitative estimate of drug-likeness (QED) is 0.600. The molecule has 2 saturated heterocycles. The van der Waals surface area contributed by atoms with Crippen LogP contribution in [-0.2, 0) is 6.54 Å². The second kappa shape index (κ2) is 8.91.